The predicted octanol–water partition coefficient (Wildman–Crippen LogP) is 4.92. The first kappa shape index (κ1) is 14.1. The molecule has 0 aliphatic carbocycles. The fraction of sp³-hybridized carbons (Fsp3) is 0.111. The highest BCUT2D eigenvalue weighted by molar-refractivity contribution is 6.31. The summed E-state index contributed by atoms with van der Waals surface area (Å²) in [5, 5.41) is 6.30. The van der Waals surface area contributed by atoms with Gasteiger partial charge in [0.25, 0.3) is 0 Å². The third-order valence-corrected chi connectivity index (χ3v) is 3.88. The summed E-state index contributed by atoms with van der Waals surface area (Å²) in [6, 6.07) is 19.1. The van der Waals surface area contributed by atoms with Gasteiger partial charge in [-0.05, 0) is 34.0 Å². The molecule has 0 aromatic heterocycles. The molecule has 3 aromatic carbocycles. The molecule has 0 atom stereocenters. The van der Waals surface area contributed by atoms with E-state index in [1.165, 1.54) is 28.5 Å². The minimum absolute atomic E-state index is 0.308. The first-order valence-corrected chi connectivity index (χ1v) is 7.23. The summed E-state index contributed by atoms with van der Waals surface area (Å²) in [5.41, 5.74) is 2.14. The zero-order valence-electron chi connectivity index (χ0n) is 11.4. The fourth-order valence-electron chi connectivity index (χ4n) is 2.44. The summed E-state index contributed by atoms with van der Waals surface area (Å²) >= 11 is 6.03. The third kappa shape index (κ3) is 3.23. The summed E-state index contributed by atoms with van der Waals surface area (Å²) in [6.45, 7) is 1.36. The van der Waals surface area contributed by atoms with Gasteiger partial charge in [0, 0.05) is 18.1 Å². The lowest BCUT2D eigenvalue weighted by atomic mass is 10.0. The Morgan fingerprint density at radius 3 is 2.48 bits per heavy atom. The molecule has 1 N–H and O–H groups in total. The van der Waals surface area contributed by atoms with E-state index in [4.69, 9.17) is 11.6 Å². The van der Waals surface area contributed by atoms with Crippen LogP contribution in [0.3, 0.4) is 0 Å². The molecule has 106 valence electrons. The van der Waals surface area contributed by atoms with E-state index in [0.29, 0.717) is 11.6 Å². The Morgan fingerprint density at radius 1 is 0.857 bits per heavy atom. The molecule has 3 aromatic rings. The van der Waals surface area contributed by atoms with Crippen molar-refractivity contribution in [3.63, 3.8) is 0 Å². The maximum Gasteiger partial charge on any atom is 0.124 e. The third-order valence-electron chi connectivity index (χ3n) is 3.53. The van der Waals surface area contributed by atoms with Crippen LogP contribution in [0.4, 0.5) is 4.39 Å². The summed E-state index contributed by atoms with van der Waals surface area (Å²) in [7, 11) is 0. The first-order valence-electron chi connectivity index (χ1n) is 6.85. The summed E-state index contributed by atoms with van der Waals surface area (Å²) in [4.78, 5) is 0. The summed E-state index contributed by atoms with van der Waals surface area (Å²) in [5.74, 6) is -0.308. The number of rotatable bonds is 4. The second-order valence-corrected chi connectivity index (χ2v) is 5.38. The fourth-order valence-corrected chi connectivity index (χ4v) is 2.68. The zero-order valence-corrected chi connectivity index (χ0v) is 12.2. The Bertz CT molecular complexity index is 765. The normalized spacial score (nSPS) is 11.0. The minimum atomic E-state index is -0.308. The lowest BCUT2D eigenvalue weighted by Crippen LogP contribution is -2.13. The molecule has 0 saturated heterocycles. The Balaban J connectivity index is 1.72. The van der Waals surface area contributed by atoms with E-state index in [9.17, 15) is 4.39 Å². The van der Waals surface area contributed by atoms with Crippen LogP contribution in [0.15, 0.2) is 60.7 Å². The monoisotopic (exact) mass is 299 g/mol. The molecule has 0 aliphatic rings. The zero-order chi connectivity index (χ0) is 14.7. The molecule has 0 radical (unpaired) electrons. The van der Waals surface area contributed by atoms with Gasteiger partial charge in [-0.3, -0.25) is 0 Å². The van der Waals surface area contributed by atoms with Crippen molar-refractivity contribution in [2.24, 2.45) is 0 Å². The lowest BCUT2D eigenvalue weighted by Gasteiger charge is -2.09. The maximum atomic E-state index is 13.0. The largest absolute Gasteiger partial charge is 0.309 e. The maximum absolute atomic E-state index is 13.0. The predicted molar refractivity (Wildman–Crippen MR) is 85.9 cm³/mol. The van der Waals surface area contributed by atoms with Gasteiger partial charge in [-0.1, -0.05) is 60.1 Å². The van der Waals surface area contributed by atoms with Gasteiger partial charge in [-0.15, -0.1) is 0 Å². The Labute approximate surface area is 128 Å². The molecule has 0 aliphatic heterocycles. The van der Waals surface area contributed by atoms with Crippen molar-refractivity contribution in [2.75, 3.05) is 0 Å². The molecule has 3 rings (SSSR count). The van der Waals surface area contributed by atoms with Crippen molar-refractivity contribution in [3.05, 3.63) is 82.6 Å². The Kier molecular flexibility index (Phi) is 4.18. The van der Waals surface area contributed by atoms with Crippen LogP contribution >= 0.6 is 11.6 Å². The SMILES string of the molecule is Fc1ccc(CNCc2cccc3ccccc23)c(Cl)c1. The average Bonchev–Trinajstić information content (AvgIpc) is 2.50. The topological polar surface area (TPSA) is 12.0 Å². The van der Waals surface area contributed by atoms with Gasteiger partial charge in [-0.2, -0.15) is 0 Å². The van der Waals surface area contributed by atoms with Crippen LogP contribution in [-0.4, -0.2) is 0 Å². The first-order chi connectivity index (χ1) is 10.2. The van der Waals surface area contributed by atoms with Gasteiger partial charge in [0.2, 0.25) is 0 Å². The lowest BCUT2D eigenvalue weighted by molar-refractivity contribution is 0.625. The van der Waals surface area contributed by atoms with Crippen molar-refractivity contribution in [2.45, 2.75) is 13.1 Å². The van der Waals surface area contributed by atoms with E-state index >= 15 is 0 Å². The van der Waals surface area contributed by atoms with Gasteiger partial charge < -0.3 is 5.32 Å². The summed E-state index contributed by atoms with van der Waals surface area (Å²) < 4.78 is 13.0. The molecule has 1 nitrogen and oxygen atoms in total. The Hall–Kier alpha value is -1.90. The highest BCUT2D eigenvalue weighted by Gasteiger charge is 2.03. The molecule has 3 heteroatoms. The minimum Gasteiger partial charge on any atom is -0.309 e. The van der Waals surface area contributed by atoms with Crippen LogP contribution in [0.2, 0.25) is 5.02 Å². The molecule has 0 amide bonds. The van der Waals surface area contributed by atoms with Crippen molar-refractivity contribution in [1.82, 2.24) is 5.32 Å². The van der Waals surface area contributed by atoms with Gasteiger partial charge in [0.05, 0.1) is 0 Å². The Morgan fingerprint density at radius 2 is 1.62 bits per heavy atom. The van der Waals surface area contributed by atoms with Crippen LogP contribution in [0, 0.1) is 5.82 Å². The van der Waals surface area contributed by atoms with Gasteiger partial charge >= 0.3 is 0 Å². The molecule has 0 fully saturated rings. The number of nitrogens with one attached hydrogen (secondary N) is 1. The second kappa shape index (κ2) is 6.25. The van der Waals surface area contributed by atoms with Crippen molar-refractivity contribution in [1.29, 1.82) is 0 Å². The van der Waals surface area contributed by atoms with Crippen molar-refractivity contribution < 1.29 is 4.39 Å². The van der Waals surface area contributed by atoms with Crippen LogP contribution < -0.4 is 5.32 Å². The average molecular weight is 300 g/mol. The molecular formula is C18H15ClFN. The van der Waals surface area contributed by atoms with Gasteiger partial charge in [0.1, 0.15) is 5.82 Å². The number of halogens is 2. The molecule has 0 saturated carbocycles. The standard InChI is InChI=1S/C18H15ClFN/c19-18-10-16(20)9-8-15(18)12-21-11-14-6-3-5-13-4-1-2-7-17(13)14/h1-10,21H,11-12H2. The van der Waals surface area contributed by atoms with Crippen LogP contribution in [-0.2, 0) is 13.1 Å². The van der Waals surface area contributed by atoms with E-state index in [1.54, 1.807) is 6.07 Å². The number of hydrogen-bond donors (Lipinski definition) is 1. The van der Waals surface area contributed by atoms with Crippen LogP contribution in [0.25, 0.3) is 10.8 Å². The molecule has 21 heavy (non-hydrogen) atoms. The van der Waals surface area contributed by atoms with Gasteiger partial charge in [0.15, 0.2) is 0 Å². The number of benzene rings is 3. The van der Waals surface area contributed by atoms with Crippen LogP contribution in [0.1, 0.15) is 11.1 Å². The molecule has 0 unspecified atom stereocenters. The van der Waals surface area contributed by atoms with E-state index in [2.05, 4.69) is 35.6 Å². The van der Waals surface area contributed by atoms with Gasteiger partial charge in [-0.25, -0.2) is 4.39 Å². The van der Waals surface area contributed by atoms with Crippen molar-refractivity contribution >= 4 is 22.4 Å². The molecular weight excluding hydrogens is 285 g/mol. The smallest absolute Gasteiger partial charge is 0.124 e. The van der Waals surface area contributed by atoms with Crippen molar-refractivity contribution in [3.8, 4) is 0 Å². The van der Waals surface area contributed by atoms with E-state index in [-0.39, 0.29) is 5.82 Å². The molecule has 0 heterocycles. The molecule has 0 spiro atoms. The second-order valence-electron chi connectivity index (χ2n) is 4.98. The van der Waals surface area contributed by atoms with E-state index in [0.717, 1.165) is 12.1 Å². The van der Waals surface area contributed by atoms with Crippen LogP contribution in [0.5, 0.6) is 0 Å². The number of hydrogen-bond acceptors (Lipinski definition) is 1. The highest BCUT2D eigenvalue weighted by atomic mass is 35.5. The quantitative estimate of drug-likeness (QED) is 0.721. The van der Waals surface area contributed by atoms with E-state index in [1.807, 2.05) is 12.1 Å². The highest BCUT2D eigenvalue weighted by Crippen LogP contribution is 2.19. The number of fused-ring (bicyclic) bond motifs is 1. The summed E-state index contributed by atoms with van der Waals surface area (Å²) in [6.07, 6.45) is 0. The van der Waals surface area contributed by atoms with E-state index < -0.39 is 0 Å². The molecule has 0 bridgehead atoms.